The molecule has 0 aromatic heterocycles. The monoisotopic (exact) mass is 444 g/mol. The Bertz CT molecular complexity index is 858. The Kier molecular flexibility index (Phi) is 5.17. The Morgan fingerprint density at radius 1 is 1.31 bits per heavy atom. The van der Waals surface area contributed by atoms with E-state index in [1.54, 1.807) is 0 Å². The van der Waals surface area contributed by atoms with Crippen LogP contribution in [0.1, 0.15) is 5.56 Å². The molecule has 0 bridgehead atoms. The zero-order chi connectivity index (χ0) is 20.2. The van der Waals surface area contributed by atoms with E-state index >= 15 is 0 Å². The number of carbonyl (C=O) groups is 1. The van der Waals surface area contributed by atoms with Gasteiger partial charge in [0.2, 0.25) is 4.45 Å². The van der Waals surface area contributed by atoms with Gasteiger partial charge in [0.15, 0.2) is 0 Å². The van der Waals surface area contributed by atoms with Crippen LogP contribution in [0.2, 0.25) is 0 Å². The molecule has 0 fully saturated rings. The minimum absolute atomic E-state index is 0.271. The largest absolute Gasteiger partial charge is 0.418 e. The summed E-state index contributed by atoms with van der Waals surface area (Å²) in [6.45, 7) is 0. The second kappa shape index (κ2) is 6.51. The van der Waals surface area contributed by atoms with Crippen LogP contribution in [0.15, 0.2) is 15.9 Å². The quantitative estimate of drug-likeness (QED) is 0.401. The van der Waals surface area contributed by atoms with Crippen LogP contribution < -0.4 is 16.4 Å². The number of nitro benzene ring substituents is 1. The summed E-state index contributed by atoms with van der Waals surface area (Å²) in [5, 5.41) is 11.4. The number of rotatable bonds is 2. The summed E-state index contributed by atoms with van der Waals surface area (Å²) >= 11 is 10.3. The van der Waals surface area contributed by atoms with Crippen LogP contribution in [0.4, 0.5) is 29.3 Å². The second-order valence-electron chi connectivity index (χ2n) is 5.20. The number of benzene rings is 1. The summed E-state index contributed by atoms with van der Waals surface area (Å²) in [4.78, 5) is 23.5. The lowest BCUT2D eigenvalue weighted by Crippen LogP contribution is -2.33. The SMILES string of the molecule is CN(C)c1c(C(F)(F)F)cc([N+](=O)[O-])c2c1S(C(N)=S)(C(N)=S)C(=O)S2. The molecule has 0 radical (unpaired) electrons. The first-order chi connectivity index (χ1) is 11.8. The summed E-state index contributed by atoms with van der Waals surface area (Å²) in [5.41, 5.74) is 8.74. The maximum atomic E-state index is 13.6. The summed E-state index contributed by atoms with van der Waals surface area (Å²) in [6.07, 6.45) is -4.94. The average molecular weight is 445 g/mol. The number of alkyl halides is 3. The molecule has 0 saturated carbocycles. The van der Waals surface area contributed by atoms with Gasteiger partial charge in [-0.05, 0) is 21.8 Å². The Morgan fingerprint density at radius 2 is 1.81 bits per heavy atom. The predicted molar refractivity (Wildman–Crippen MR) is 103 cm³/mol. The number of thioether (sulfide) groups is 1. The fraction of sp³-hybridized carbons (Fsp3) is 0.250. The number of halogens is 3. The number of nitro groups is 1. The molecule has 0 amide bonds. The highest BCUT2D eigenvalue weighted by atomic mass is 32.3. The molecule has 1 aromatic rings. The predicted octanol–water partition coefficient (Wildman–Crippen LogP) is 3.56. The van der Waals surface area contributed by atoms with Crippen molar-refractivity contribution in [2.24, 2.45) is 11.5 Å². The van der Waals surface area contributed by atoms with Crippen LogP contribution in [0.3, 0.4) is 0 Å². The molecule has 1 aliphatic heterocycles. The van der Waals surface area contributed by atoms with Crippen LogP contribution in [0.25, 0.3) is 0 Å². The molecule has 0 unspecified atom stereocenters. The van der Waals surface area contributed by atoms with E-state index in [1.165, 1.54) is 14.1 Å². The van der Waals surface area contributed by atoms with Gasteiger partial charge in [-0.1, -0.05) is 24.4 Å². The highest BCUT2D eigenvalue weighted by Crippen LogP contribution is 2.73. The van der Waals surface area contributed by atoms with Crippen molar-refractivity contribution >= 4 is 70.7 Å². The Morgan fingerprint density at radius 3 is 2.15 bits per heavy atom. The zero-order valence-electron chi connectivity index (χ0n) is 13.1. The van der Waals surface area contributed by atoms with Crippen LogP contribution in [-0.4, -0.2) is 32.1 Å². The number of hydrogen-bond acceptors (Lipinski definition) is 7. The van der Waals surface area contributed by atoms with Gasteiger partial charge in [-0.2, -0.15) is 13.2 Å². The van der Waals surface area contributed by atoms with Crippen molar-refractivity contribution in [1.29, 1.82) is 0 Å². The first-order valence-corrected chi connectivity index (χ1v) is 9.78. The van der Waals surface area contributed by atoms with E-state index in [9.17, 15) is 28.1 Å². The Labute approximate surface area is 161 Å². The van der Waals surface area contributed by atoms with Gasteiger partial charge in [0, 0.05) is 20.2 Å². The number of anilines is 1. The van der Waals surface area contributed by atoms with Gasteiger partial charge in [-0.15, -0.1) is 0 Å². The summed E-state index contributed by atoms with van der Waals surface area (Å²) in [6, 6.07) is 0.392. The number of carbonyl (C=O) groups excluding carboxylic acids is 1. The normalized spacial score (nSPS) is 16.7. The molecule has 0 aliphatic carbocycles. The molecule has 1 heterocycles. The number of hydrogen-bond donors (Lipinski definition) is 2. The third-order valence-corrected chi connectivity index (χ3v) is 9.61. The van der Waals surface area contributed by atoms with Crippen LogP contribution in [0.5, 0.6) is 0 Å². The van der Waals surface area contributed by atoms with Gasteiger partial charge in [0.25, 0.3) is 5.69 Å². The highest BCUT2D eigenvalue weighted by Gasteiger charge is 2.55. The molecule has 1 aromatic carbocycles. The third-order valence-electron chi connectivity index (χ3n) is 3.48. The van der Waals surface area contributed by atoms with Crippen molar-refractivity contribution in [3.05, 3.63) is 21.7 Å². The van der Waals surface area contributed by atoms with E-state index in [0.29, 0.717) is 17.8 Å². The van der Waals surface area contributed by atoms with Gasteiger partial charge in [0.1, 0.15) is 13.5 Å². The van der Waals surface area contributed by atoms with Crippen LogP contribution in [-0.2, 0) is 6.18 Å². The smallest absolute Gasteiger partial charge is 0.385 e. The molecule has 142 valence electrons. The topological polar surface area (TPSA) is 115 Å². The van der Waals surface area contributed by atoms with E-state index in [2.05, 4.69) is 0 Å². The molecule has 2 rings (SSSR count). The van der Waals surface area contributed by atoms with Crippen LogP contribution in [0, 0.1) is 10.1 Å². The molecule has 0 saturated heterocycles. The van der Waals surface area contributed by atoms with Gasteiger partial charge < -0.3 is 16.4 Å². The van der Waals surface area contributed by atoms with Crippen molar-refractivity contribution in [1.82, 2.24) is 0 Å². The van der Waals surface area contributed by atoms with Gasteiger partial charge in [0.05, 0.1) is 21.1 Å². The van der Waals surface area contributed by atoms with Crippen molar-refractivity contribution < 1.29 is 22.9 Å². The molecular formula is C12H11F3N4O3S4. The maximum Gasteiger partial charge on any atom is 0.418 e. The zero-order valence-corrected chi connectivity index (χ0v) is 16.4. The maximum absolute atomic E-state index is 13.6. The van der Waals surface area contributed by atoms with Crippen molar-refractivity contribution in [3.63, 3.8) is 0 Å². The van der Waals surface area contributed by atoms with E-state index in [4.69, 9.17) is 35.9 Å². The molecular weight excluding hydrogens is 433 g/mol. The number of nitrogens with two attached hydrogens (primary N) is 2. The summed E-state index contributed by atoms with van der Waals surface area (Å²) < 4.78 is 39.1. The third kappa shape index (κ3) is 2.80. The molecule has 0 atom stereocenters. The fourth-order valence-corrected chi connectivity index (χ4v) is 9.15. The fourth-order valence-electron chi connectivity index (χ4n) is 2.49. The minimum atomic E-state index is -4.94. The lowest BCUT2D eigenvalue weighted by atomic mass is 10.1. The highest BCUT2D eigenvalue weighted by molar-refractivity contribution is 8.78. The van der Waals surface area contributed by atoms with Crippen molar-refractivity contribution in [2.45, 2.75) is 16.0 Å². The first-order valence-electron chi connectivity index (χ1n) is 6.52. The Balaban J connectivity index is 3.17. The van der Waals surface area contributed by atoms with E-state index < -0.39 is 51.2 Å². The Hall–Kier alpha value is -1.64. The number of nitrogens with zero attached hydrogens (tertiary/aromatic N) is 2. The second-order valence-corrected chi connectivity index (χ2v) is 10.7. The molecule has 14 heteroatoms. The van der Waals surface area contributed by atoms with Crippen molar-refractivity contribution in [2.75, 3.05) is 19.0 Å². The molecule has 4 N–H and O–H groups in total. The molecule has 7 nitrogen and oxygen atoms in total. The lowest BCUT2D eigenvalue weighted by molar-refractivity contribution is -0.388. The van der Waals surface area contributed by atoms with Gasteiger partial charge in [-0.25, -0.2) is 0 Å². The summed E-state index contributed by atoms with van der Waals surface area (Å²) in [5.74, 6) is 0. The van der Waals surface area contributed by atoms with Crippen molar-refractivity contribution in [3.8, 4) is 0 Å². The van der Waals surface area contributed by atoms with Crippen LogP contribution >= 0.6 is 46.2 Å². The molecule has 0 spiro atoms. The molecule has 26 heavy (non-hydrogen) atoms. The van der Waals surface area contributed by atoms with E-state index in [0.717, 1.165) is 4.90 Å². The van der Waals surface area contributed by atoms with E-state index in [1.807, 2.05) is 0 Å². The van der Waals surface area contributed by atoms with E-state index in [-0.39, 0.29) is 9.79 Å². The lowest BCUT2D eigenvalue weighted by Gasteiger charge is -2.34. The first kappa shape index (κ1) is 20.7. The summed E-state index contributed by atoms with van der Waals surface area (Å²) in [7, 11) is -0.752. The number of fused-ring (bicyclic) bond motifs is 1. The average Bonchev–Trinajstić information content (AvgIpc) is 2.77. The number of thiocarbonyl (C=S) groups is 2. The minimum Gasteiger partial charge on any atom is -0.385 e. The van der Waals surface area contributed by atoms with Gasteiger partial charge in [-0.3, -0.25) is 14.9 Å². The molecule has 1 aliphatic rings. The van der Waals surface area contributed by atoms with Gasteiger partial charge >= 0.3 is 6.18 Å². The standard InChI is InChI=1S/C12H11F3N4O3S4/c1-18(2)6-4(12(13,14)15)3-5(19(21)22)7-8(6)26(9(16)23,10(17)24)11(20)25-7/h3H,1-2H3,(H2,16,23)(H2,17,24).